The van der Waals surface area contributed by atoms with Crippen LogP contribution >= 0.6 is 23.1 Å². The van der Waals surface area contributed by atoms with Crippen molar-refractivity contribution in [2.45, 2.75) is 31.6 Å². The van der Waals surface area contributed by atoms with Crippen LogP contribution in [0.1, 0.15) is 40.1 Å². The first-order valence-corrected chi connectivity index (χ1v) is 8.48. The summed E-state index contributed by atoms with van der Waals surface area (Å²) < 4.78 is 0. The normalized spacial score (nSPS) is 10.8. The number of nitrogens with zero attached hydrogens (tertiary/aromatic N) is 1. The van der Waals surface area contributed by atoms with E-state index in [0.717, 1.165) is 16.4 Å². The molecule has 0 spiro atoms. The van der Waals surface area contributed by atoms with E-state index in [1.165, 1.54) is 16.2 Å². The maximum Gasteiger partial charge on any atom is 0.267 e. The molecule has 20 heavy (non-hydrogen) atoms. The van der Waals surface area contributed by atoms with Gasteiger partial charge in [-0.1, -0.05) is 13.8 Å². The molecule has 1 N–H and O–H groups in total. The molecule has 0 unspecified atom stereocenters. The molecule has 0 aliphatic rings. The molecule has 1 aromatic carbocycles. The quantitative estimate of drug-likeness (QED) is 0.843. The van der Waals surface area contributed by atoms with E-state index in [-0.39, 0.29) is 5.91 Å². The molecule has 5 heteroatoms. The molecule has 1 amide bonds. The van der Waals surface area contributed by atoms with Gasteiger partial charge in [-0.15, -0.1) is 23.1 Å². The lowest BCUT2D eigenvalue weighted by molar-refractivity contribution is 0.103. The van der Waals surface area contributed by atoms with Gasteiger partial charge in [-0.3, -0.25) is 4.79 Å². The summed E-state index contributed by atoms with van der Waals surface area (Å²) >= 11 is 3.16. The molecule has 1 heterocycles. The van der Waals surface area contributed by atoms with Crippen LogP contribution in [0.25, 0.3) is 0 Å². The minimum Gasteiger partial charge on any atom is -0.321 e. The Hall–Kier alpha value is -1.33. The van der Waals surface area contributed by atoms with Crippen molar-refractivity contribution in [1.82, 2.24) is 4.98 Å². The fraction of sp³-hybridized carbons (Fsp3) is 0.333. The van der Waals surface area contributed by atoms with Crippen molar-refractivity contribution in [1.29, 1.82) is 0 Å². The molecule has 1 aromatic heterocycles. The number of aromatic nitrogens is 1. The van der Waals surface area contributed by atoms with Crippen molar-refractivity contribution < 1.29 is 4.79 Å². The van der Waals surface area contributed by atoms with Crippen LogP contribution < -0.4 is 5.32 Å². The van der Waals surface area contributed by atoms with Crippen LogP contribution in [-0.2, 0) is 0 Å². The summed E-state index contributed by atoms with van der Waals surface area (Å²) in [4.78, 5) is 18.6. The molecule has 2 aromatic rings. The van der Waals surface area contributed by atoms with Gasteiger partial charge in [0.2, 0.25) is 0 Å². The van der Waals surface area contributed by atoms with Crippen LogP contribution in [0.15, 0.2) is 29.2 Å². The maximum absolute atomic E-state index is 12.3. The third kappa shape index (κ3) is 3.41. The number of anilines is 1. The van der Waals surface area contributed by atoms with Crippen molar-refractivity contribution in [2.24, 2.45) is 0 Å². The van der Waals surface area contributed by atoms with Crippen LogP contribution in [0.4, 0.5) is 5.69 Å². The van der Waals surface area contributed by atoms with E-state index in [4.69, 9.17) is 0 Å². The first-order valence-electron chi connectivity index (χ1n) is 6.44. The Balaban J connectivity index is 2.14. The van der Waals surface area contributed by atoms with Crippen LogP contribution in [-0.4, -0.2) is 17.1 Å². The summed E-state index contributed by atoms with van der Waals surface area (Å²) in [5.41, 5.74) is 1.61. The zero-order valence-electron chi connectivity index (χ0n) is 12.1. The second-order valence-corrected chi connectivity index (χ2v) is 6.71. The lowest BCUT2D eigenvalue weighted by Crippen LogP contribution is -2.11. The van der Waals surface area contributed by atoms with Crippen molar-refractivity contribution in [3.8, 4) is 0 Å². The second-order valence-electron chi connectivity index (χ2n) is 4.80. The van der Waals surface area contributed by atoms with Crippen molar-refractivity contribution in [3.05, 3.63) is 39.8 Å². The molecule has 0 aliphatic heterocycles. The van der Waals surface area contributed by atoms with Gasteiger partial charge in [-0.05, 0) is 37.4 Å². The van der Waals surface area contributed by atoms with E-state index in [2.05, 4.69) is 24.1 Å². The average Bonchev–Trinajstić information content (AvgIpc) is 2.82. The van der Waals surface area contributed by atoms with E-state index in [9.17, 15) is 4.79 Å². The molecular formula is C15H18N2OS2. The van der Waals surface area contributed by atoms with E-state index in [0.29, 0.717) is 10.8 Å². The Morgan fingerprint density at radius 1 is 1.30 bits per heavy atom. The summed E-state index contributed by atoms with van der Waals surface area (Å²) in [7, 11) is 0. The van der Waals surface area contributed by atoms with Gasteiger partial charge in [0, 0.05) is 16.5 Å². The van der Waals surface area contributed by atoms with Gasteiger partial charge in [0.25, 0.3) is 5.91 Å². The van der Waals surface area contributed by atoms with Crippen LogP contribution in [0.2, 0.25) is 0 Å². The number of nitrogens with one attached hydrogen (secondary N) is 1. The van der Waals surface area contributed by atoms with Gasteiger partial charge in [-0.2, -0.15) is 0 Å². The smallest absolute Gasteiger partial charge is 0.267 e. The van der Waals surface area contributed by atoms with Gasteiger partial charge in [0.05, 0.1) is 10.7 Å². The fourth-order valence-electron chi connectivity index (χ4n) is 1.74. The van der Waals surface area contributed by atoms with Crippen molar-refractivity contribution in [3.63, 3.8) is 0 Å². The molecule has 0 aliphatic carbocycles. The predicted molar refractivity (Wildman–Crippen MR) is 87.1 cm³/mol. The molecule has 3 nitrogen and oxygen atoms in total. The molecule has 0 saturated carbocycles. The molecule has 0 fully saturated rings. The maximum atomic E-state index is 12.3. The van der Waals surface area contributed by atoms with E-state index in [1.807, 2.05) is 37.4 Å². The van der Waals surface area contributed by atoms with Gasteiger partial charge in [0.15, 0.2) is 0 Å². The number of rotatable bonds is 4. The Labute approximate surface area is 127 Å². The number of carbonyl (C=O) groups excluding carboxylic acids is 1. The number of thiazole rings is 1. The zero-order chi connectivity index (χ0) is 14.7. The summed E-state index contributed by atoms with van der Waals surface area (Å²) in [6.07, 6.45) is 2.03. The van der Waals surface area contributed by atoms with E-state index >= 15 is 0 Å². The fourth-order valence-corrected chi connectivity index (χ4v) is 3.11. The van der Waals surface area contributed by atoms with Gasteiger partial charge < -0.3 is 5.32 Å². The Kier molecular flexibility index (Phi) is 4.83. The number of hydrogen-bond donors (Lipinski definition) is 1. The first-order chi connectivity index (χ1) is 9.51. The first kappa shape index (κ1) is 15.1. The lowest BCUT2D eigenvalue weighted by atomic mass is 10.2. The largest absolute Gasteiger partial charge is 0.321 e. The van der Waals surface area contributed by atoms with Crippen LogP contribution in [0, 0.1) is 6.92 Å². The number of aryl methyl sites for hydroxylation is 1. The lowest BCUT2D eigenvalue weighted by Gasteiger charge is -2.04. The molecule has 2 rings (SSSR count). The number of benzene rings is 1. The standard InChI is InChI=1S/C15H18N2OS2/c1-9(2)15-16-10(3)13(20-15)14(18)17-11-5-7-12(19-4)8-6-11/h5-9H,1-4H3,(H,17,18). The summed E-state index contributed by atoms with van der Waals surface area (Å²) in [6.45, 7) is 6.05. The monoisotopic (exact) mass is 306 g/mol. The molecular weight excluding hydrogens is 288 g/mol. The third-order valence-corrected chi connectivity index (χ3v) is 5.06. The third-order valence-electron chi connectivity index (χ3n) is 2.86. The summed E-state index contributed by atoms with van der Waals surface area (Å²) in [5, 5.41) is 3.93. The number of carbonyl (C=O) groups is 1. The second kappa shape index (κ2) is 6.41. The Bertz CT molecular complexity index is 603. The average molecular weight is 306 g/mol. The number of thioether (sulfide) groups is 1. The zero-order valence-corrected chi connectivity index (χ0v) is 13.7. The SMILES string of the molecule is CSc1ccc(NC(=O)c2sc(C(C)C)nc2C)cc1. The molecule has 106 valence electrons. The highest BCUT2D eigenvalue weighted by molar-refractivity contribution is 7.98. The summed E-state index contributed by atoms with van der Waals surface area (Å²) in [5.74, 6) is 0.268. The summed E-state index contributed by atoms with van der Waals surface area (Å²) in [6, 6.07) is 7.84. The highest BCUT2D eigenvalue weighted by atomic mass is 32.2. The van der Waals surface area contributed by atoms with Crippen molar-refractivity contribution >= 4 is 34.7 Å². The molecule has 0 bridgehead atoms. The minimum absolute atomic E-state index is 0.0798. The van der Waals surface area contributed by atoms with Crippen LogP contribution in [0.3, 0.4) is 0 Å². The number of hydrogen-bond acceptors (Lipinski definition) is 4. The molecule has 0 saturated heterocycles. The minimum atomic E-state index is -0.0798. The molecule has 0 atom stereocenters. The number of amides is 1. The Morgan fingerprint density at radius 3 is 2.45 bits per heavy atom. The Morgan fingerprint density at radius 2 is 1.95 bits per heavy atom. The van der Waals surface area contributed by atoms with Gasteiger partial charge in [-0.25, -0.2) is 4.98 Å². The highest BCUT2D eigenvalue weighted by Gasteiger charge is 2.16. The topological polar surface area (TPSA) is 42.0 Å². The molecule has 0 radical (unpaired) electrons. The van der Waals surface area contributed by atoms with Gasteiger partial charge in [0.1, 0.15) is 4.88 Å². The van der Waals surface area contributed by atoms with Gasteiger partial charge >= 0.3 is 0 Å². The predicted octanol–water partition coefficient (Wildman–Crippen LogP) is 4.55. The van der Waals surface area contributed by atoms with E-state index in [1.54, 1.807) is 11.8 Å². The van der Waals surface area contributed by atoms with Crippen LogP contribution in [0.5, 0.6) is 0 Å². The van der Waals surface area contributed by atoms with Crippen molar-refractivity contribution in [2.75, 3.05) is 11.6 Å². The van der Waals surface area contributed by atoms with E-state index < -0.39 is 0 Å². The highest BCUT2D eigenvalue weighted by Crippen LogP contribution is 2.25.